The summed E-state index contributed by atoms with van der Waals surface area (Å²) in [5.41, 5.74) is 2.16. The summed E-state index contributed by atoms with van der Waals surface area (Å²) in [5, 5.41) is 0. The molecule has 8 heteroatoms. The average molecular weight is 288 g/mol. The third-order valence-corrected chi connectivity index (χ3v) is 4.45. The molecule has 0 saturated carbocycles. The fourth-order valence-electron chi connectivity index (χ4n) is 1.72. The van der Waals surface area contributed by atoms with Gasteiger partial charge in [-0.2, -0.15) is 0 Å². The standard InChI is InChI=1S/C11H20N4O3S/c1-4-8(5-2)14-19(17,18)9-6-10(11(16)13-12)15(3)7-9/h6-8,14H,4-5,12H2,1-3H3,(H,13,16). The lowest BCUT2D eigenvalue weighted by Gasteiger charge is -2.13. The van der Waals surface area contributed by atoms with Crippen LogP contribution in [0.1, 0.15) is 37.2 Å². The van der Waals surface area contributed by atoms with Crippen molar-refractivity contribution in [2.45, 2.75) is 37.6 Å². The molecule has 0 aliphatic heterocycles. The van der Waals surface area contributed by atoms with Gasteiger partial charge >= 0.3 is 0 Å². The molecule has 1 heterocycles. The number of hydrogen-bond acceptors (Lipinski definition) is 4. The Morgan fingerprint density at radius 1 is 1.42 bits per heavy atom. The van der Waals surface area contributed by atoms with Crippen LogP contribution in [0, 0.1) is 0 Å². The topological polar surface area (TPSA) is 106 Å². The number of amides is 1. The molecule has 1 rings (SSSR count). The van der Waals surface area contributed by atoms with Crippen LogP contribution in [-0.2, 0) is 17.1 Å². The number of nitrogens with one attached hydrogen (secondary N) is 2. The van der Waals surface area contributed by atoms with E-state index in [1.165, 1.54) is 16.8 Å². The summed E-state index contributed by atoms with van der Waals surface area (Å²) in [4.78, 5) is 11.5. The summed E-state index contributed by atoms with van der Waals surface area (Å²) in [5.74, 6) is 4.50. The second-order valence-electron chi connectivity index (χ2n) is 4.28. The molecule has 4 N–H and O–H groups in total. The van der Waals surface area contributed by atoms with Gasteiger partial charge in [-0.25, -0.2) is 19.0 Å². The van der Waals surface area contributed by atoms with Crippen LogP contribution in [0.25, 0.3) is 0 Å². The minimum atomic E-state index is -3.62. The van der Waals surface area contributed by atoms with Crippen LogP contribution in [-0.4, -0.2) is 24.9 Å². The first kappa shape index (κ1) is 15.7. The van der Waals surface area contributed by atoms with Crippen LogP contribution in [0.2, 0.25) is 0 Å². The fraction of sp³-hybridized carbons (Fsp3) is 0.545. The van der Waals surface area contributed by atoms with Crippen LogP contribution in [0.3, 0.4) is 0 Å². The summed E-state index contributed by atoms with van der Waals surface area (Å²) >= 11 is 0. The van der Waals surface area contributed by atoms with Gasteiger partial charge in [0.25, 0.3) is 5.91 Å². The number of carbonyl (C=O) groups excluding carboxylic acids is 1. The Kier molecular flexibility index (Phi) is 5.10. The largest absolute Gasteiger partial charge is 0.345 e. The molecule has 0 aliphatic rings. The van der Waals surface area contributed by atoms with Crippen LogP contribution in [0.5, 0.6) is 0 Å². The van der Waals surface area contributed by atoms with Gasteiger partial charge in [-0.15, -0.1) is 0 Å². The van der Waals surface area contributed by atoms with E-state index in [-0.39, 0.29) is 16.6 Å². The van der Waals surface area contributed by atoms with Gasteiger partial charge in [0.15, 0.2) is 0 Å². The van der Waals surface area contributed by atoms with E-state index in [1.807, 2.05) is 19.3 Å². The Morgan fingerprint density at radius 3 is 2.47 bits per heavy atom. The first-order chi connectivity index (χ1) is 8.85. The monoisotopic (exact) mass is 288 g/mol. The fourth-order valence-corrected chi connectivity index (χ4v) is 3.20. The van der Waals surface area contributed by atoms with Crippen LogP contribution < -0.4 is 16.0 Å². The lowest BCUT2D eigenvalue weighted by molar-refractivity contribution is 0.0945. The Bertz CT molecular complexity index is 546. The normalized spacial score (nSPS) is 11.8. The first-order valence-corrected chi connectivity index (χ1v) is 7.53. The number of hydrazine groups is 1. The highest BCUT2D eigenvalue weighted by Crippen LogP contribution is 2.14. The third-order valence-electron chi connectivity index (χ3n) is 2.96. The zero-order valence-electron chi connectivity index (χ0n) is 11.3. The third kappa shape index (κ3) is 3.55. The van der Waals surface area contributed by atoms with E-state index in [2.05, 4.69) is 4.72 Å². The summed E-state index contributed by atoms with van der Waals surface area (Å²) in [6.45, 7) is 3.82. The summed E-state index contributed by atoms with van der Waals surface area (Å²) in [6, 6.07) is 1.18. The number of hydrogen-bond donors (Lipinski definition) is 3. The van der Waals surface area contributed by atoms with E-state index < -0.39 is 15.9 Å². The van der Waals surface area contributed by atoms with E-state index >= 15 is 0 Å². The molecule has 1 aromatic heterocycles. The van der Waals surface area contributed by atoms with E-state index in [4.69, 9.17) is 5.84 Å². The maximum Gasteiger partial charge on any atom is 0.281 e. The lowest BCUT2D eigenvalue weighted by Crippen LogP contribution is -2.33. The molecule has 0 atom stereocenters. The second kappa shape index (κ2) is 6.18. The summed E-state index contributed by atoms with van der Waals surface area (Å²) < 4.78 is 28.3. The Morgan fingerprint density at radius 2 is 2.00 bits per heavy atom. The number of nitrogens with two attached hydrogens (primary N) is 1. The number of aromatic nitrogens is 1. The summed E-state index contributed by atoms with van der Waals surface area (Å²) in [7, 11) is -2.03. The predicted octanol–water partition coefficient (Wildman–Crippen LogP) is 0.0955. The number of nitrogens with zero attached hydrogens (tertiary/aromatic N) is 1. The molecule has 0 radical (unpaired) electrons. The van der Waals surface area contributed by atoms with E-state index in [1.54, 1.807) is 7.05 Å². The second-order valence-corrected chi connectivity index (χ2v) is 5.99. The lowest BCUT2D eigenvalue weighted by atomic mass is 10.2. The Balaban J connectivity index is 3.06. The highest BCUT2D eigenvalue weighted by atomic mass is 32.2. The maximum absolute atomic E-state index is 12.1. The Hall–Kier alpha value is -1.38. The number of carbonyl (C=O) groups is 1. The number of nitrogen functional groups attached to an aromatic ring is 1. The molecule has 0 bridgehead atoms. The van der Waals surface area contributed by atoms with E-state index in [0.29, 0.717) is 12.8 Å². The van der Waals surface area contributed by atoms with Gasteiger partial charge in [0.05, 0.1) is 0 Å². The van der Waals surface area contributed by atoms with Crippen molar-refractivity contribution >= 4 is 15.9 Å². The molecule has 1 amide bonds. The van der Waals surface area contributed by atoms with Gasteiger partial charge in [-0.3, -0.25) is 10.2 Å². The zero-order chi connectivity index (χ0) is 14.6. The van der Waals surface area contributed by atoms with Crippen LogP contribution in [0.4, 0.5) is 0 Å². The molecular weight excluding hydrogens is 268 g/mol. The molecule has 0 aromatic carbocycles. The van der Waals surface area contributed by atoms with Gasteiger partial charge < -0.3 is 4.57 Å². The van der Waals surface area contributed by atoms with Crippen molar-refractivity contribution in [3.05, 3.63) is 18.0 Å². The van der Waals surface area contributed by atoms with Crippen molar-refractivity contribution < 1.29 is 13.2 Å². The van der Waals surface area contributed by atoms with Crippen molar-refractivity contribution in [1.29, 1.82) is 0 Å². The van der Waals surface area contributed by atoms with Gasteiger partial charge in [0.1, 0.15) is 10.6 Å². The maximum atomic E-state index is 12.1. The highest BCUT2D eigenvalue weighted by Gasteiger charge is 2.22. The molecule has 0 fully saturated rings. The van der Waals surface area contributed by atoms with Gasteiger partial charge in [-0.05, 0) is 18.9 Å². The van der Waals surface area contributed by atoms with Crippen molar-refractivity contribution in [3.8, 4) is 0 Å². The molecule has 7 nitrogen and oxygen atoms in total. The Labute approximate surface area is 113 Å². The van der Waals surface area contributed by atoms with Crippen molar-refractivity contribution in [2.75, 3.05) is 0 Å². The minimum absolute atomic E-state index is 0.0560. The molecule has 0 aliphatic carbocycles. The minimum Gasteiger partial charge on any atom is -0.345 e. The van der Waals surface area contributed by atoms with Crippen molar-refractivity contribution in [3.63, 3.8) is 0 Å². The predicted molar refractivity (Wildman–Crippen MR) is 71.8 cm³/mol. The molecule has 1 aromatic rings. The molecule has 108 valence electrons. The zero-order valence-corrected chi connectivity index (χ0v) is 12.1. The summed E-state index contributed by atoms with van der Waals surface area (Å²) in [6.07, 6.45) is 2.80. The van der Waals surface area contributed by atoms with Crippen LogP contribution >= 0.6 is 0 Å². The van der Waals surface area contributed by atoms with Gasteiger partial charge in [0.2, 0.25) is 10.0 Å². The van der Waals surface area contributed by atoms with Crippen molar-refractivity contribution in [2.24, 2.45) is 12.9 Å². The van der Waals surface area contributed by atoms with Crippen LogP contribution in [0.15, 0.2) is 17.2 Å². The first-order valence-electron chi connectivity index (χ1n) is 6.05. The molecule has 0 saturated heterocycles. The molecule has 0 spiro atoms. The van der Waals surface area contributed by atoms with Gasteiger partial charge in [-0.1, -0.05) is 13.8 Å². The number of rotatable bonds is 6. The number of aryl methyl sites for hydroxylation is 1. The molecule has 0 unspecified atom stereocenters. The SMILES string of the molecule is CCC(CC)NS(=O)(=O)c1cc(C(=O)NN)n(C)c1. The van der Waals surface area contributed by atoms with Gasteiger partial charge in [0, 0.05) is 19.3 Å². The van der Waals surface area contributed by atoms with E-state index in [0.717, 1.165) is 0 Å². The number of sulfonamides is 1. The van der Waals surface area contributed by atoms with E-state index in [9.17, 15) is 13.2 Å². The smallest absolute Gasteiger partial charge is 0.281 e. The quantitative estimate of drug-likeness (QED) is 0.392. The molecular formula is C11H20N4O3S. The van der Waals surface area contributed by atoms with Crippen molar-refractivity contribution in [1.82, 2.24) is 14.7 Å². The highest BCUT2D eigenvalue weighted by molar-refractivity contribution is 7.89. The molecule has 19 heavy (non-hydrogen) atoms. The average Bonchev–Trinajstić information content (AvgIpc) is 2.78.